The third-order valence-corrected chi connectivity index (χ3v) is 3.90. The van der Waals surface area contributed by atoms with Crippen LogP contribution in [0.1, 0.15) is 42.6 Å². The number of ether oxygens (including phenoxy) is 1. The molecule has 2 aliphatic rings. The average Bonchev–Trinajstić information content (AvgIpc) is 2.98. The van der Waals surface area contributed by atoms with Crippen LogP contribution < -0.4 is 5.32 Å². The van der Waals surface area contributed by atoms with Gasteiger partial charge in [-0.25, -0.2) is 0 Å². The minimum atomic E-state index is 0.466. The zero-order valence-corrected chi connectivity index (χ0v) is 10.5. The van der Waals surface area contributed by atoms with Crippen LogP contribution in [0.2, 0.25) is 0 Å². The van der Waals surface area contributed by atoms with Crippen molar-refractivity contribution in [3.8, 4) is 0 Å². The predicted octanol–water partition coefficient (Wildman–Crippen LogP) is 1.62. The minimum absolute atomic E-state index is 0.466. The minimum Gasteiger partial charge on any atom is -0.379 e. The van der Waals surface area contributed by atoms with E-state index in [0.717, 1.165) is 38.4 Å². The Labute approximate surface area is 102 Å². The van der Waals surface area contributed by atoms with Crippen molar-refractivity contribution in [3.05, 3.63) is 17.5 Å². The molecule has 2 aliphatic heterocycles. The molecule has 0 bridgehead atoms. The molecule has 0 aliphatic carbocycles. The fourth-order valence-corrected chi connectivity index (χ4v) is 2.97. The lowest BCUT2D eigenvalue weighted by Gasteiger charge is -2.25. The van der Waals surface area contributed by atoms with Crippen LogP contribution in [0.3, 0.4) is 0 Å². The van der Waals surface area contributed by atoms with Crippen molar-refractivity contribution in [2.75, 3.05) is 26.3 Å². The second-order valence-corrected chi connectivity index (χ2v) is 5.20. The molecule has 3 heterocycles. The van der Waals surface area contributed by atoms with Gasteiger partial charge in [-0.1, -0.05) is 0 Å². The second kappa shape index (κ2) is 4.78. The highest BCUT2D eigenvalue weighted by Gasteiger charge is 2.26. The first-order valence-corrected chi connectivity index (χ1v) is 6.69. The fraction of sp³-hybridized carbons (Fsp3) is 0.769. The summed E-state index contributed by atoms with van der Waals surface area (Å²) in [5, 5.41) is 8.11. The van der Waals surface area contributed by atoms with Gasteiger partial charge < -0.3 is 10.1 Å². The molecule has 0 amide bonds. The maximum absolute atomic E-state index is 5.49. The van der Waals surface area contributed by atoms with Crippen LogP contribution in [-0.4, -0.2) is 36.1 Å². The van der Waals surface area contributed by atoms with Gasteiger partial charge in [0.05, 0.1) is 18.3 Å². The normalized spacial score (nSPS) is 26.5. The lowest BCUT2D eigenvalue weighted by Crippen LogP contribution is -2.28. The molecule has 0 saturated carbocycles. The summed E-state index contributed by atoms with van der Waals surface area (Å²) in [5.41, 5.74) is 2.57. The van der Waals surface area contributed by atoms with Crippen molar-refractivity contribution in [2.45, 2.75) is 38.1 Å². The van der Waals surface area contributed by atoms with Crippen LogP contribution in [0, 0.1) is 6.92 Å². The van der Waals surface area contributed by atoms with E-state index < -0.39 is 0 Å². The third kappa shape index (κ3) is 2.24. The molecule has 1 aromatic heterocycles. The zero-order chi connectivity index (χ0) is 11.7. The van der Waals surface area contributed by atoms with Crippen molar-refractivity contribution in [1.82, 2.24) is 15.1 Å². The Morgan fingerprint density at radius 1 is 1.35 bits per heavy atom. The molecule has 1 unspecified atom stereocenters. The van der Waals surface area contributed by atoms with Crippen molar-refractivity contribution >= 4 is 0 Å². The topological polar surface area (TPSA) is 39.1 Å². The lowest BCUT2D eigenvalue weighted by atomic mass is 9.94. The molecule has 4 heteroatoms. The summed E-state index contributed by atoms with van der Waals surface area (Å²) >= 11 is 0. The summed E-state index contributed by atoms with van der Waals surface area (Å²) in [6.07, 6.45) is 3.58. The van der Waals surface area contributed by atoms with Gasteiger partial charge in [0.25, 0.3) is 0 Å². The number of aromatic nitrogens is 2. The number of nitrogens with zero attached hydrogens (tertiary/aromatic N) is 2. The van der Waals surface area contributed by atoms with Gasteiger partial charge in [0, 0.05) is 18.2 Å². The van der Waals surface area contributed by atoms with Gasteiger partial charge in [0.2, 0.25) is 0 Å². The summed E-state index contributed by atoms with van der Waals surface area (Å²) in [6, 6.07) is 2.74. The third-order valence-electron chi connectivity index (χ3n) is 3.90. The Morgan fingerprint density at radius 2 is 2.18 bits per heavy atom. The van der Waals surface area contributed by atoms with Crippen LogP contribution in [0.5, 0.6) is 0 Å². The maximum Gasteiger partial charge on any atom is 0.0777 e. The Balaban J connectivity index is 1.86. The van der Waals surface area contributed by atoms with Gasteiger partial charge >= 0.3 is 0 Å². The highest BCUT2D eigenvalue weighted by Crippen LogP contribution is 2.30. The molecular weight excluding hydrogens is 214 g/mol. The van der Waals surface area contributed by atoms with Gasteiger partial charge in [-0.15, -0.1) is 0 Å². The van der Waals surface area contributed by atoms with E-state index >= 15 is 0 Å². The Kier molecular flexibility index (Phi) is 3.16. The Hall–Kier alpha value is -0.870. The molecule has 17 heavy (non-hydrogen) atoms. The molecule has 0 radical (unpaired) electrons. The first-order chi connectivity index (χ1) is 8.34. The van der Waals surface area contributed by atoms with E-state index in [1.54, 1.807) is 0 Å². The molecule has 1 aromatic rings. The molecule has 3 rings (SSSR count). The highest BCUT2D eigenvalue weighted by molar-refractivity contribution is 5.16. The van der Waals surface area contributed by atoms with Gasteiger partial charge in [0.1, 0.15) is 0 Å². The van der Waals surface area contributed by atoms with Crippen molar-refractivity contribution < 1.29 is 4.74 Å². The molecule has 1 N–H and O–H groups in total. The van der Waals surface area contributed by atoms with E-state index in [0.29, 0.717) is 12.0 Å². The van der Waals surface area contributed by atoms with E-state index in [1.807, 2.05) is 0 Å². The number of rotatable bonds is 2. The van der Waals surface area contributed by atoms with Gasteiger partial charge in [0.15, 0.2) is 0 Å². The SMILES string of the molecule is Cc1cc(C2CCNCC2)n(C2CCOC2)n1. The molecule has 2 fully saturated rings. The van der Waals surface area contributed by atoms with Gasteiger partial charge in [-0.3, -0.25) is 4.68 Å². The van der Waals surface area contributed by atoms with Crippen LogP contribution in [0.15, 0.2) is 6.07 Å². The van der Waals surface area contributed by atoms with Crippen molar-refractivity contribution in [3.63, 3.8) is 0 Å². The maximum atomic E-state index is 5.49. The lowest BCUT2D eigenvalue weighted by molar-refractivity contribution is 0.183. The van der Waals surface area contributed by atoms with Crippen LogP contribution in [0.25, 0.3) is 0 Å². The van der Waals surface area contributed by atoms with Crippen molar-refractivity contribution in [2.24, 2.45) is 0 Å². The monoisotopic (exact) mass is 235 g/mol. The van der Waals surface area contributed by atoms with Gasteiger partial charge in [-0.2, -0.15) is 5.10 Å². The smallest absolute Gasteiger partial charge is 0.0777 e. The summed E-state index contributed by atoms with van der Waals surface area (Å²) in [5.74, 6) is 0.679. The summed E-state index contributed by atoms with van der Waals surface area (Å²) in [7, 11) is 0. The average molecular weight is 235 g/mol. The molecule has 1 atom stereocenters. The van der Waals surface area contributed by atoms with Crippen LogP contribution in [0.4, 0.5) is 0 Å². The quantitative estimate of drug-likeness (QED) is 0.846. The fourth-order valence-electron chi connectivity index (χ4n) is 2.97. The number of aryl methyl sites for hydroxylation is 1. The van der Waals surface area contributed by atoms with E-state index in [-0.39, 0.29) is 0 Å². The first kappa shape index (κ1) is 11.2. The molecule has 94 valence electrons. The van der Waals surface area contributed by atoms with Crippen molar-refractivity contribution in [1.29, 1.82) is 0 Å². The second-order valence-electron chi connectivity index (χ2n) is 5.20. The van der Waals surface area contributed by atoms with E-state index in [9.17, 15) is 0 Å². The summed E-state index contributed by atoms with van der Waals surface area (Å²) < 4.78 is 7.74. The molecule has 2 saturated heterocycles. The Morgan fingerprint density at radius 3 is 2.88 bits per heavy atom. The first-order valence-electron chi connectivity index (χ1n) is 6.69. The Bertz CT molecular complexity index is 376. The van der Waals surface area contributed by atoms with Crippen LogP contribution in [-0.2, 0) is 4.74 Å². The largest absolute Gasteiger partial charge is 0.379 e. The summed E-state index contributed by atoms with van der Waals surface area (Å²) in [4.78, 5) is 0. The van der Waals surface area contributed by atoms with Crippen LogP contribution >= 0.6 is 0 Å². The highest BCUT2D eigenvalue weighted by atomic mass is 16.5. The van der Waals surface area contributed by atoms with E-state index in [1.165, 1.54) is 18.5 Å². The standard InChI is InChI=1S/C13H21N3O/c1-10-8-13(11-2-5-14-6-3-11)16(15-10)12-4-7-17-9-12/h8,11-12,14H,2-7,9H2,1H3. The number of hydrogen-bond donors (Lipinski definition) is 1. The molecule has 0 aromatic carbocycles. The van der Waals surface area contributed by atoms with E-state index in [4.69, 9.17) is 4.74 Å². The molecule has 4 nitrogen and oxygen atoms in total. The number of hydrogen-bond acceptors (Lipinski definition) is 3. The van der Waals surface area contributed by atoms with Gasteiger partial charge in [-0.05, 0) is 45.3 Å². The zero-order valence-electron chi connectivity index (χ0n) is 10.5. The predicted molar refractivity (Wildman–Crippen MR) is 66.3 cm³/mol. The number of piperidine rings is 1. The number of nitrogens with one attached hydrogen (secondary N) is 1. The molecule has 0 spiro atoms. The molecular formula is C13H21N3O. The van der Waals surface area contributed by atoms with E-state index in [2.05, 4.69) is 28.1 Å². The summed E-state index contributed by atoms with van der Waals surface area (Å²) in [6.45, 7) is 6.08.